The molecule has 0 bridgehead atoms. The number of alkyl carbamates (subject to hydrolysis) is 1. The molecule has 1 aromatic rings. The van der Waals surface area contributed by atoms with Crippen LogP contribution >= 0.6 is 0 Å². The number of aryl methyl sites for hydroxylation is 1. The number of pyridine rings is 1. The molecule has 0 atom stereocenters. The van der Waals surface area contributed by atoms with Crippen molar-refractivity contribution in [2.45, 2.75) is 39.7 Å². The summed E-state index contributed by atoms with van der Waals surface area (Å²) in [4.78, 5) is 15.5. The third-order valence-corrected chi connectivity index (χ3v) is 2.14. The van der Waals surface area contributed by atoms with Crippen molar-refractivity contribution in [3.63, 3.8) is 0 Å². The van der Waals surface area contributed by atoms with Crippen LogP contribution in [-0.4, -0.2) is 28.3 Å². The fourth-order valence-electron chi connectivity index (χ4n) is 1.33. The van der Waals surface area contributed by atoms with Gasteiger partial charge in [0.25, 0.3) is 0 Å². The fraction of sp³-hybridized carbons (Fsp3) is 0.467. The first-order valence-corrected chi connectivity index (χ1v) is 6.40. The summed E-state index contributed by atoms with van der Waals surface area (Å²) in [6.45, 7) is 7.62. The maximum atomic E-state index is 11.4. The van der Waals surface area contributed by atoms with Crippen molar-refractivity contribution in [3.8, 4) is 17.6 Å². The molecule has 0 unspecified atom stereocenters. The number of nitrogens with zero attached hydrogens (tertiary/aromatic N) is 1. The van der Waals surface area contributed by atoms with Crippen LogP contribution in [0.4, 0.5) is 4.79 Å². The minimum atomic E-state index is -0.507. The summed E-state index contributed by atoms with van der Waals surface area (Å²) in [7, 11) is 0. The topological polar surface area (TPSA) is 71.5 Å². The second-order valence-electron chi connectivity index (χ2n) is 5.30. The van der Waals surface area contributed by atoms with Crippen LogP contribution < -0.4 is 5.32 Å². The molecule has 1 aromatic heterocycles. The lowest BCUT2D eigenvalue weighted by molar-refractivity contribution is 0.0529. The van der Waals surface area contributed by atoms with Gasteiger partial charge in [-0.3, -0.25) is 0 Å². The molecule has 0 fully saturated rings. The van der Waals surface area contributed by atoms with E-state index in [9.17, 15) is 9.90 Å². The normalized spacial score (nSPS) is 10.4. The van der Waals surface area contributed by atoms with Gasteiger partial charge in [-0.1, -0.05) is 5.92 Å². The molecule has 1 heterocycles. The van der Waals surface area contributed by atoms with E-state index in [2.05, 4.69) is 22.1 Å². The highest BCUT2D eigenvalue weighted by Gasteiger charge is 2.15. The van der Waals surface area contributed by atoms with Crippen LogP contribution in [0.15, 0.2) is 12.1 Å². The number of aromatic hydroxyl groups is 1. The maximum Gasteiger partial charge on any atom is 0.407 e. The van der Waals surface area contributed by atoms with E-state index in [1.165, 1.54) is 0 Å². The smallest absolute Gasteiger partial charge is 0.407 e. The Hall–Kier alpha value is -2.22. The summed E-state index contributed by atoms with van der Waals surface area (Å²) in [5, 5.41) is 12.2. The molecule has 0 aliphatic rings. The molecule has 5 nitrogen and oxygen atoms in total. The third-order valence-electron chi connectivity index (χ3n) is 2.14. The Morgan fingerprint density at radius 3 is 2.80 bits per heavy atom. The average Bonchev–Trinajstić information content (AvgIpc) is 2.30. The summed E-state index contributed by atoms with van der Waals surface area (Å²) in [6.07, 6.45) is -0.00951. The Balaban J connectivity index is 2.40. The Labute approximate surface area is 119 Å². The van der Waals surface area contributed by atoms with E-state index in [4.69, 9.17) is 4.74 Å². The fourth-order valence-corrected chi connectivity index (χ4v) is 1.33. The average molecular weight is 276 g/mol. The molecular weight excluding hydrogens is 256 g/mol. The number of carbonyl (C=O) groups excluding carboxylic acids is 1. The van der Waals surface area contributed by atoms with Crippen molar-refractivity contribution >= 4 is 6.09 Å². The second kappa shape index (κ2) is 6.80. The highest BCUT2D eigenvalue weighted by molar-refractivity contribution is 5.67. The number of nitrogens with one attached hydrogen (secondary N) is 1. The lowest BCUT2D eigenvalue weighted by Crippen LogP contribution is -2.32. The number of rotatable bonds is 2. The van der Waals surface area contributed by atoms with Gasteiger partial charge in [0, 0.05) is 18.7 Å². The van der Waals surface area contributed by atoms with Gasteiger partial charge < -0.3 is 15.2 Å². The van der Waals surface area contributed by atoms with Gasteiger partial charge in [-0.05, 0) is 45.7 Å². The van der Waals surface area contributed by atoms with E-state index in [1.807, 2.05) is 6.92 Å². The van der Waals surface area contributed by atoms with Gasteiger partial charge in [0.2, 0.25) is 0 Å². The van der Waals surface area contributed by atoms with Crippen LogP contribution in [0.5, 0.6) is 5.75 Å². The summed E-state index contributed by atoms with van der Waals surface area (Å²) < 4.78 is 5.09. The van der Waals surface area contributed by atoms with Crippen LogP contribution in [0.2, 0.25) is 0 Å². The molecule has 1 amide bonds. The van der Waals surface area contributed by atoms with E-state index < -0.39 is 11.7 Å². The molecular formula is C15H20N2O3. The molecule has 108 valence electrons. The van der Waals surface area contributed by atoms with Gasteiger partial charge in [-0.2, -0.15) is 0 Å². The minimum absolute atomic E-state index is 0.0585. The first-order chi connectivity index (χ1) is 9.28. The lowest BCUT2D eigenvalue weighted by atomic mass is 10.2. The first kappa shape index (κ1) is 15.8. The maximum absolute atomic E-state index is 11.4. The summed E-state index contributed by atoms with van der Waals surface area (Å²) in [5.74, 6) is 5.68. The van der Waals surface area contributed by atoms with Gasteiger partial charge >= 0.3 is 6.09 Å². The van der Waals surface area contributed by atoms with Gasteiger partial charge in [-0.25, -0.2) is 9.78 Å². The van der Waals surface area contributed by atoms with Crippen molar-refractivity contribution in [2.24, 2.45) is 0 Å². The van der Waals surface area contributed by atoms with Crippen LogP contribution in [0.1, 0.15) is 38.6 Å². The zero-order valence-electron chi connectivity index (χ0n) is 12.3. The molecule has 2 N–H and O–H groups in total. The molecule has 0 aliphatic heterocycles. The van der Waals surface area contributed by atoms with Gasteiger partial charge in [0.15, 0.2) is 5.69 Å². The molecule has 0 aliphatic carbocycles. The minimum Gasteiger partial charge on any atom is -0.505 e. The number of hydrogen-bond donors (Lipinski definition) is 2. The summed E-state index contributed by atoms with van der Waals surface area (Å²) in [5.41, 5.74) is 0.633. The third kappa shape index (κ3) is 6.10. The summed E-state index contributed by atoms with van der Waals surface area (Å²) >= 11 is 0. The molecule has 0 saturated carbocycles. The molecule has 0 radical (unpaired) electrons. The number of aromatic nitrogens is 1. The molecule has 0 aromatic carbocycles. The zero-order chi connectivity index (χ0) is 15.2. The highest BCUT2D eigenvalue weighted by atomic mass is 16.6. The number of hydrogen-bond acceptors (Lipinski definition) is 4. The van der Waals surface area contributed by atoms with Crippen LogP contribution in [-0.2, 0) is 4.74 Å². The van der Waals surface area contributed by atoms with Crippen molar-refractivity contribution < 1.29 is 14.6 Å². The van der Waals surface area contributed by atoms with Crippen molar-refractivity contribution in [1.82, 2.24) is 10.3 Å². The van der Waals surface area contributed by atoms with Crippen LogP contribution in [0, 0.1) is 18.8 Å². The molecule has 0 spiro atoms. The van der Waals surface area contributed by atoms with Crippen molar-refractivity contribution in [3.05, 3.63) is 23.5 Å². The van der Waals surface area contributed by atoms with Crippen LogP contribution in [0.3, 0.4) is 0 Å². The van der Waals surface area contributed by atoms with Gasteiger partial charge in [-0.15, -0.1) is 0 Å². The molecule has 20 heavy (non-hydrogen) atoms. The molecule has 5 heteroatoms. The zero-order valence-corrected chi connectivity index (χ0v) is 12.3. The first-order valence-electron chi connectivity index (χ1n) is 6.40. The summed E-state index contributed by atoms with van der Waals surface area (Å²) in [6, 6.07) is 3.27. The van der Waals surface area contributed by atoms with Crippen molar-refractivity contribution in [1.29, 1.82) is 0 Å². The number of amides is 1. The predicted octanol–water partition coefficient (Wildman–Crippen LogP) is 2.36. The number of ether oxygens (including phenoxy) is 1. The van der Waals surface area contributed by atoms with E-state index in [0.717, 1.165) is 5.69 Å². The van der Waals surface area contributed by atoms with Crippen LogP contribution in [0.25, 0.3) is 0 Å². The SMILES string of the molecule is Cc1ccc(O)c(C#CCCNC(=O)OC(C)(C)C)n1. The van der Waals surface area contributed by atoms with Gasteiger partial charge in [0.05, 0.1) is 0 Å². The van der Waals surface area contributed by atoms with Crippen molar-refractivity contribution in [2.75, 3.05) is 6.54 Å². The predicted molar refractivity (Wildman–Crippen MR) is 76.4 cm³/mol. The molecule has 0 saturated heterocycles. The number of carbonyl (C=O) groups is 1. The highest BCUT2D eigenvalue weighted by Crippen LogP contribution is 2.12. The Morgan fingerprint density at radius 1 is 1.45 bits per heavy atom. The Bertz CT molecular complexity index is 536. The Morgan fingerprint density at radius 2 is 2.15 bits per heavy atom. The lowest BCUT2D eigenvalue weighted by Gasteiger charge is -2.19. The standard InChI is InChI=1S/C15H20N2O3/c1-11-8-9-13(18)12(17-11)7-5-6-10-16-14(19)20-15(2,3)4/h8-9,18H,6,10H2,1-4H3,(H,16,19). The van der Waals surface area contributed by atoms with E-state index >= 15 is 0 Å². The second-order valence-corrected chi connectivity index (χ2v) is 5.30. The van der Waals surface area contributed by atoms with Gasteiger partial charge in [0.1, 0.15) is 11.4 Å². The largest absolute Gasteiger partial charge is 0.505 e. The Kier molecular flexibility index (Phi) is 5.39. The molecule has 1 rings (SSSR count). The monoisotopic (exact) mass is 276 g/mol. The van der Waals surface area contributed by atoms with E-state index in [-0.39, 0.29) is 5.75 Å². The van der Waals surface area contributed by atoms with E-state index in [1.54, 1.807) is 32.9 Å². The van der Waals surface area contributed by atoms with E-state index in [0.29, 0.717) is 18.7 Å². The quantitative estimate of drug-likeness (QED) is 0.642.